The van der Waals surface area contributed by atoms with Crippen LogP contribution in [0.1, 0.15) is 16.3 Å². The first-order valence-electron chi connectivity index (χ1n) is 5.62. The van der Waals surface area contributed by atoms with Gasteiger partial charge >= 0.3 is 0 Å². The van der Waals surface area contributed by atoms with Crippen molar-refractivity contribution in [2.45, 2.75) is 6.42 Å². The van der Waals surface area contributed by atoms with Crippen LogP contribution in [-0.2, 0) is 13.5 Å². The molecule has 0 bridgehead atoms. The monoisotopic (exact) mass is 262 g/mol. The summed E-state index contributed by atoms with van der Waals surface area (Å²) in [4.78, 5) is 11.7. The molecule has 9 heteroatoms. The highest BCUT2D eigenvalue weighted by Crippen LogP contribution is 1.99. The van der Waals surface area contributed by atoms with Crippen molar-refractivity contribution in [2.24, 2.45) is 12.9 Å². The number of aryl methyl sites for hydroxylation is 1. The van der Waals surface area contributed by atoms with E-state index in [0.717, 1.165) is 5.82 Å². The zero-order chi connectivity index (χ0) is 13.7. The number of carbonyl (C=O) groups is 1. The van der Waals surface area contributed by atoms with E-state index in [0.29, 0.717) is 18.8 Å². The minimum Gasteiger partial charge on any atom is -0.350 e. The minimum absolute atomic E-state index is 0.233. The van der Waals surface area contributed by atoms with E-state index in [1.807, 2.05) is 7.05 Å². The third kappa shape index (κ3) is 3.22. The molecule has 100 valence electrons. The Morgan fingerprint density at radius 3 is 2.79 bits per heavy atom. The van der Waals surface area contributed by atoms with Crippen LogP contribution in [0.5, 0.6) is 0 Å². The second-order valence-corrected chi connectivity index (χ2v) is 3.81. The van der Waals surface area contributed by atoms with E-state index < -0.39 is 0 Å². The molecule has 2 heterocycles. The molecular formula is C10H14N8O. The van der Waals surface area contributed by atoms with E-state index in [2.05, 4.69) is 31.1 Å². The van der Waals surface area contributed by atoms with E-state index in [4.69, 9.17) is 5.84 Å². The lowest BCUT2D eigenvalue weighted by atomic mass is 10.3. The maximum Gasteiger partial charge on any atom is 0.271 e. The van der Waals surface area contributed by atoms with Crippen molar-refractivity contribution in [1.82, 2.24) is 30.3 Å². The summed E-state index contributed by atoms with van der Waals surface area (Å²) in [6.45, 7) is 0.448. The number of amides is 1. The van der Waals surface area contributed by atoms with E-state index >= 15 is 0 Å². The third-order valence-corrected chi connectivity index (χ3v) is 2.48. The van der Waals surface area contributed by atoms with Gasteiger partial charge < -0.3 is 15.3 Å². The van der Waals surface area contributed by atoms with Crippen molar-refractivity contribution < 1.29 is 4.79 Å². The van der Waals surface area contributed by atoms with Gasteiger partial charge in [-0.2, -0.15) is 0 Å². The quantitative estimate of drug-likeness (QED) is 0.459. The second kappa shape index (κ2) is 5.87. The molecule has 0 aromatic carbocycles. The van der Waals surface area contributed by atoms with E-state index in [1.165, 1.54) is 0 Å². The van der Waals surface area contributed by atoms with Crippen molar-refractivity contribution in [3.8, 4) is 0 Å². The predicted octanol–water partition coefficient (Wildman–Crippen LogP) is -1.14. The summed E-state index contributed by atoms with van der Waals surface area (Å²) < 4.78 is 1.80. The number of nitrogens with two attached hydrogens (primary N) is 1. The fourth-order valence-corrected chi connectivity index (χ4v) is 1.44. The number of hydrogen-bond acceptors (Lipinski definition) is 7. The number of anilines is 1. The molecule has 0 saturated carbocycles. The van der Waals surface area contributed by atoms with E-state index in [-0.39, 0.29) is 11.6 Å². The zero-order valence-electron chi connectivity index (χ0n) is 10.4. The molecule has 0 fully saturated rings. The summed E-state index contributed by atoms with van der Waals surface area (Å²) in [5, 5.41) is 17.9. The zero-order valence-corrected chi connectivity index (χ0v) is 10.4. The first-order valence-corrected chi connectivity index (χ1v) is 5.62. The summed E-state index contributed by atoms with van der Waals surface area (Å²) in [7, 11) is 1.85. The number of aromatic nitrogens is 5. The Morgan fingerprint density at radius 1 is 1.37 bits per heavy atom. The third-order valence-electron chi connectivity index (χ3n) is 2.48. The fourth-order valence-electron chi connectivity index (χ4n) is 1.44. The highest BCUT2D eigenvalue weighted by molar-refractivity contribution is 5.92. The first-order chi connectivity index (χ1) is 9.20. The smallest absolute Gasteiger partial charge is 0.271 e. The first kappa shape index (κ1) is 12.9. The molecule has 19 heavy (non-hydrogen) atoms. The number of nitrogens with zero attached hydrogens (tertiary/aromatic N) is 5. The average Bonchev–Trinajstić information content (AvgIpc) is 2.84. The van der Waals surface area contributed by atoms with Gasteiger partial charge in [0.1, 0.15) is 12.2 Å². The standard InChI is InChI=1S/C10H14N8O/c1-18-6-13-17-9(18)4-5-12-10(19)7-2-3-8(14-11)16-15-7/h2-3,6H,4-5,11H2,1H3,(H,12,19)(H,14,16). The van der Waals surface area contributed by atoms with Crippen LogP contribution in [0.3, 0.4) is 0 Å². The van der Waals surface area contributed by atoms with Gasteiger partial charge in [0.25, 0.3) is 5.91 Å². The van der Waals surface area contributed by atoms with Crippen LogP contribution in [0.4, 0.5) is 5.82 Å². The Kier molecular flexibility index (Phi) is 3.98. The molecule has 2 aromatic rings. The van der Waals surface area contributed by atoms with Crippen molar-refractivity contribution in [3.63, 3.8) is 0 Å². The van der Waals surface area contributed by atoms with Crippen LogP contribution < -0.4 is 16.6 Å². The van der Waals surface area contributed by atoms with Gasteiger partial charge in [0.2, 0.25) is 0 Å². The van der Waals surface area contributed by atoms with E-state index in [9.17, 15) is 4.79 Å². The van der Waals surface area contributed by atoms with Crippen LogP contribution in [0.15, 0.2) is 18.5 Å². The summed E-state index contributed by atoms with van der Waals surface area (Å²) >= 11 is 0. The Balaban J connectivity index is 1.85. The van der Waals surface area contributed by atoms with Crippen molar-refractivity contribution in [3.05, 3.63) is 30.0 Å². The summed E-state index contributed by atoms with van der Waals surface area (Å²) in [6.07, 6.45) is 2.21. The maximum atomic E-state index is 11.7. The Labute approximate surface area is 109 Å². The highest BCUT2D eigenvalue weighted by atomic mass is 16.1. The predicted molar refractivity (Wildman–Crippen MR) is 66.9 cm³/mol. The molecule has 2 rings (SSSR count). The van der Waals surface area contributed by atoms with Gasteiger partial charge in [-0.15, -0.1) is 20.4 Å². The number of nitrogen functional groups attached to an aromatic ring is 1. The van der Waals surface area contributed by atoms with Crippen LogP contribution in [0.25, 0.3) is 0 Å². The van der Waals surface area contributed by atoms with Crippen molar-refractivity contribution >= 4 is 11.7 Å². The van der Waals surface area contributed by atoms with Crippen molar-refractivity contribution in [1.29, 1.82) is 0 Å². The Morgan fingerprint density at radius 2 is 2.21 bits per heavy atom. The molecule has 0 aliphatic rings. The number of hydrogen-bond donors (Lipinski definition) is 3. The lowest BCUT2D eigenvalue weighted by Crippen LogP contribution is -2.27. The molecule has 2 aromatic heterocycles. The maximum absolute atomic E-state index is 11.7. The van der Waals surface area contributed by atoms with Crippen LogP contribution in [-0.4, -0.2) is 37.4 Å². The molecule has 0 atom stereocenters. The SMILES string of the molecule is Cn1cnnc1CCNC(=O)c1ccc(NN)nn1. The molecule has 4 N–H and O–H groups in total. The number of hydrazine groups is 1. The van der Waals surface area contributed by atoms with Crippen molar-refractivity contribution in [2.75, 3.05) is 12.0 Å². The van der Waals surface area contributed by atoms with Gasteiger partial charge in [-0.25, -0.2) is 5.84 Å². The minimum atomic E-state index is -0.293. The molecule has 0 saturated heterocycles. The largest absolute Gasteiger partial charge is 0.350 e. The topological polar surface area (TPSA) is 124 Å². The summed E-state index contributed by atoms with van der Waals surface area (Å²) in [6, 6.07) is 3.12. The number of nitrogens with one attached hydrogen (secondary N) is 2. The Hall–Kier alpha value is -2.55. The van der Waals surface area contributed by atoms with Gasteiger partial charge in [-0.3, -0.25) is 4.79 Å². The van der Waals surface area contributed by atoms with Gasteiger partial charge in [-0.1, -0.05) is 0 Å². The normalized spacial score (nSPS) is 10.2. The number of rotatable bonds is 5. The molecule has 9 nitrogen and oxygen atoms in total. The highest BCUT2D eigenvalue weighted by Gasteiger charge is 2.08. The Bertz CT molecular complexity index is 549. The van der Waals surface area contributed by atoms with E-state index in [1.54, 1.807) is 23.0 Å². The lowest BCUT2D eigenvalue weighted by Gasteiger charge is -2.04. The molecule has 1 amide bonds. The average molecular weight is 262 g/mol. The molecule has 0 unspecified atom stereocenters. The summed E-state index contributed by atoms with van der Waals surface area (Å²) in [5.41, 5.74) is 2.57. The summed E-state index contributed by atoms with van der Waals surface area (Å²) in [5.74, 6) is 6.06. The van der Waals surface area contributed by atoms with Gasteiger partial charge in [0.05, 0.1) is 0 Å². The second-order valence-electron chi connectivity index (χ2n) is 3.81. The molecular weight excluding hydrogens is 248 g/mol. The lowest BCUT2D eigenvalue weighted by molar-refractivity contribution is 0.0948. The molecule has 0 radical (unpaired) electrons. The molecule has 0 aliphatic carbocycles. The van der Waals surface area contributed by atoms with Gasteiger partial charge in [0.15, 0.2) is 11.5 Å². The van der Waals surface area contributed by atoms with Crippen LogP contribution in [0.2, 0.25) is 0 Å². The van der Waals surface area contributed by atoms with Gasteiger partial charge in [-0.05, 0) is 12.1 Å². The molecule has 0 aliphatic heterocycles. The fraction of sp³-hybridized carbons (Fsp3) is 0.300. The molecule has 0 spiro atoms. The van der Waals surface area contributed by atoms with Gasteiger partial charge in [0, 0.05) is 20.0 Å². The van der Waals surface area contributed by atoms with Crippen LogP contribution >= 0.6 is 0 Å². The van der Waals surface area contributed by atoms with Crippen LogP contribution in [0, 0.1) is 0 Å². The number of carbonyl (C=O) groups excluding carboxylic acids is 1.